The summed E-state index contributed by atoms with van der Waals surface area (Å²) in [7, 11) is -9.59. The van der Waals surface area contributed by atoms with Crippen molar-refractivity contribution in [2.24, 2.45) is 11.8 Å². The molecule has 17 heteroatoms. The van der Waals surface area contributed by atoms with Crippen molar-refractivity contribution in [2.75, 3.05) is 13.2 Å². The van der Waals surface area contributed by atoms with E-state index in [4.69, 9.17) is 23.9 Å². The van der Waals surface area contributed by atoms with Crippen LogP contribution < -0.4 is 29.6 Å². The van der Waals surface area contributed by atoms with E-state index in [-0.39, 0.29) is 56.0 Å². The Morgan fingerprint density at radius 2 is 1.08 bits per heavy atom. The molecule has 14 nitrogen and oxygen atoms in total. The number of hydrogen-bond acceptors (Lipinski definition) is 11. The zero-order chi connectivity index (χ0) is 39.0. The monoisotopic (exact) mass is 784 g/mol. The Labute approximate surface area is 330 Å². The van der Waals surface area contributed by atoms with Crippen LogP contribution in [0.15, 0.2) is 0 Å². The summed E-state index contributed by atoms with van der Waals surface area (Å²) >= 11 is 0. The van der Waals surface area contributed by atoms with E-state index in [1.165, 1.54) is 0 Å². The number of hydrogen-bond donors (Lipinski definition) is 3. The van der Waals surface area contributed by atoms with Crippen molar-refractivity contribution in [3.8, 4) is 0 Å². The Morgan fingerprint density at radius 3 is 1.45 bits per heavy atom. The van der Waals surface area contributed by atoms with Gasteiger partial charge in [0.15, 0.2) is 10.5 Å². The first-order chi connectivity index (χ1) is 23.3. The minimum absolute atomic E-state index is 0. The minimum atomic E-state index is -4.83. The summed E-state index contributed by atoms with van der Waals surface area (Å²) in [5, 5.41) is 4.66. The fourth-order valence-corrected chi connectivity index (χ4v) is 6.37. The number of esters is 3. The summed E-state index contributed by atoms with van der Waals surface area (Å²) in [6, 6.07) is 0. The Hall–Kier alpha value is -1.30. The van der Waals surface area contributed by atoms with E-state index < -0.39 is 73.1 Å². The van der Waals surface area contributed by atoms with Gasteiger partial charge in [-0.1, -0.05) is 99.8 Å². The molecular formula is C34H65NaO14S2. The molecule has 0 radical (unpaired) electrons. The van der Waals surface area contributed by atoms with Crippen LogP contribution in [0.5, 0.6) is 0 Å². The Balaban J connectivity index is -0.000000438. The summed E-state index contributed by atoms with van der Waals surface area (Å²) in [6.45, 7) is 14.0. The largest absolute Gasteiger partial charge is 1.00 e. The average Bonchev–Trinajstić information content (AvgIpc) is 3.04. The molecule has 0 fully saturated rings. The van der Waals surface area contributed by atoms with Gasteiger partial charge in [-0.05, 0) is 50.4 Å². The first kappa shape index (κ1) is 54.0. The standard InChI is InChI=1S/C20H38O7S.C14H26O7S.Na.H/c1-5-9-11-16(7-3)14-26-19(21)13-18(28(23,24)25)20(22)27-15-17(8-4)12-10-6-2;1-4-7-8-9-14(5-2,6-3)21-13(17)11(10-12(15)16)22(18,19)20;;/h16-18H,5-15H2,1-4H3,(H,23,24,25);11H,4-10H2,1-3H3,(H,15,16)(H,18,19,20);;/q;;+1;-1. The maximum atomic E-state index is 12.2. The summed E-state index contributed by atoms with van der Waals surface area (Å²) in [5.74, 6) is -4.31. The van der Waals surface area contributed by atoms with Gasteiger partial charge in [-0.3, -0.25) is 28.3 Å². The number of unbranched alkanes of at least 4 members (excludes halogenated alkanes) is 4. The van der Waals surface area contributed by atoms with E-state index in [1.54, 1.807) is 0 Å². The summed E-state index contributed by atoms with van der Waals surface area (Å²) in [6.07, 6.45) is 10.0. The molecule has 0 saturated heterocycles. The van der Waals surface area contributed by atoms with Crippen LogP contribution in [0.3, 0.4) is 0 Å². The molecule has 0 saturated carbocycles. The van der Waals surface area contributed by atoms with Crippen LogP contribution in [-0.2, 0) is 53.6 Å². The number of carbonyl (C=O) groups excluding carboxylic acids is 3. The van der Waals surface area contributed by atoms with Crippen LogP contribution >= 0.6 is 0 Å². The third kappa shape index (κ3) is 24.6. The number of rotatable bonds is 27. The predicted molar refractivity (Wildman–Crippen MR) is 191 cm³/mol. The number of carboxylic acids is 1. The van der Waals surface area contributed by atoms with Crippen molar-refractivity contribution in [2.45, 2.75) is 167 Å². The van der Waals surface area contributed by atoms with Gasteiger partial charge in [0.05, 0.1) is 26.1 Å². The zero-order valence-electron chi connectivity index (χ0n) is 33.2. The van der Waals surface area contributed by atoms with Gasteiger partial charge in [0.2, 0.25) is 0 Å². The first-order valence-electron chi connectivity index (χ1n) is 18.0. The Morgan fingerprint density at radius 1 is 0.647 bits per heavy atom. The topological polar surface area (TPSA) is 225 Å². The van der Waals surface area contributed by atoms with E-state index >= 15 is 0 Å². The summed E-state index contributed by atoms with van der Waals surface area (Å²) in [4.78, 5) is 47.0. The van der Waals surface area contributed by atoms with Crippen LogP contribution in [-0.4, -0.2) is 84.2 Å². The molecule has 0 amide bonds. The van der Waals surface area contributed by atoms with Gasteiger partial charge in [-0.15, -0.1) is 0 Å². The van der Waals surface area contributed by atoms with Gasteiger partial charge in [0.25, 0.3) is 20.2 Å². The van der Waals surface area contributed by atoms with Gasteiger partial charge in [-0.2, -0.15) is 16.8 Å². The molecule has 0 aromatic heterocycles. The summed E-state index contributed by atoms with van der Waals surface area (Å²) < 4.78 is 79.6. The van der Waals surface area contributed by atoms with Crippen molar-refractivity contribution < 1.29 is 95.4 Å². The molecule has 0 rings (SSSR count). The quantitative estimate of drug-likeness (QED) is 0.0356. The van der Waals surface area contributed by atoms with Crippen molar-refractivity contribution in [1.82, 2.24) is 0 Å². The third-order valence-corrected chi connectivity index (χ3v) is 11.0. The predicted octanol–water partition coefficient (Wildman–Crippen LogP) is 3.67. The van der Waals surface area contributed by atoms with Crippen LogP contribution in [0.2, 0.25) is 0 Å². The van der Waals surface area contributed by atoms with E-state index in [0.717, 1.165) is 70.6 Å². The van der Waals surface area contributed by atoms with Crippen LogP contribution in [0.1, 0.15) is 153 Å². The maximum absolute atomic E-state index is 12.2. The molecular weight excluding hydrogens is 719 g/mol. The number of ether oxygens (including phenoxy) is 3. The second kappa shape index (κ2) is 29.1. The first-order valence-corrected chi connectivity index (χ1v) is 21.0. The van der Waals surface area contributed by atoms with E-state index in [0.29, 0.717) is 19.3 Å². The maximum Gasteiger partial charge on any atom is 1.00 e. The second-order valence-corrected chi connectivity index (χ2v) is 15.9. The zero-order valence-corrected chi connectivity index (χ0v) is 35.8. The molecule has 51 heavy (non-hydrogen) atoms. The van der Waals surface area contributed by atoms with Gasteiger partial charge in [0.1, 0.15) is 5.60 Å². The molecule has 0 aliphatic rings. The second-order valence-electron chi connectivity index (χ2n) is 12.7. The normalized spacial score (nSPS) is 14.1. The van der Waals surface area contributed by atoms with Gasteiger partial charge >= 0.3 is 53.4 Å². The molecule has 0 aliphatic carbocycles. The third-order valence-electron chi connectivity index (χ3n) is 8.83. The SMILES string of the molecule is CCCCC(CC)COC(=O)CC(C(=O)OCC(CC)CCCC)S(=O)(=O)O.CCCCCC(CC)(CC)OC(=O)C(CC(=O)O)S(=O)(=O)O.[H-].[Na+]. The summed E-state index contributed by atoms with van der Waals surface area (Å²) in [5.41, 5.74) is -0.826. The number of aliphatic carboxylic acids is 1. The smallest absolute Gasteiger partial charge is 1.00 e. The molecule has 298 valence electrons. The molecule has 4 atom stereocenters. The van der Waals surface area contributed by atoms with Crippen molar-refractivity contribution in [1.29, 1.82) is 0 Å². The van der Waals surface area contributed by atoms with E-state index in [9.17, 15) is 40.6 Å². The fraction of sp³-hybridized carbons (Fsp3) is 0.882. The van der Waals surface area contributed by atoms with Crippen LogP contribution in [0, 0.1) is 11.8 Å². The molecule has 4 unspecified atom stereocenters. The molecule has 0 aliphatic heterocycles. The van der Waals surface area contributed by atoms with Crippen molar-refractivity contribution in [3.05, 3.63) is 0 Å². The Kier molecular flexibility index (Phi) is 30.8. The van der Waals surface area contributed by atoms with Gasteiger partial charge in [-0.25, -0.2) is 0 Å². The van der Waals surface area contributed by atoms with Gasteiger partial charge in [0, 0.05) is 0 Å². The molecule has 0 bridgehead atoms. The minimum Gasteiger partial charge on any atom is -1.00 e. The van der Waals surface area contributed by atoms with Crippen molar-refractivity contribution >= 4 is 44.1 Å². The Bertz CT molecular complexity index is 1210. The molecule has 3 N–H and O–H groups in total. The van der Waals surface area contributed by atoms with Crippen LogP contribution in [0.25, 0.3) is 0 Å². The molecule has 0 spiro atoms. The molecule has 0 aromatic carbocycles. The van der Waals surface area contributed by atoms with E-state index in [1.807, 2.05) is 34.6 Å². The van der Waals surface area contributed by atoms with Crippen molar-refractivity contribution in [3.63, 3.8) is 0 Å². The molecule has 0 aromatic rings. The number of carbonyl (C=O) groups is 4. The van der Waals surface area contributed by atoms with Gasteiger partial charge < -0.3 is 20.7 Å². The average molecular weight is 785 g/mol. The molecule has 0 heterocycles. The fourth-order valence-electron chi connectivity index (χ4n) is 5.06. The van der Waals surface area contributed by atoms with Crippen LogP contribution in [0.4, 0.5) is 0 Å². The van der Waals surface area contributed by atoms with E-state index in [2.05, 4.69) is 13.8 Å². The number of carboxylic acid groups (broad SMARTS) is 1.